The second-order valence-corrected chi connectivity index (χ2v) is 9.88. The second-order valence-electron chi connectivity index (χ2n) is 9.88. The number of nitrogens with one attached hydrogen (secondary N) is 1. The third-order valence-corrected chi connectivity index (χ3v) is 6.16. The molecule has 1 aliphatic heterocycles. The SMILES string of the molecule is CCOc1ccccc1-n1c(CN2CCN(CCNC(C)(C)C)CC2)nc2ccccc2c1=O. The van der Waals surface area contributed by atoms with Gasteiger partial charge in [-0.3, -0.25) is 19.2 Å². The lowest BCUT2D eigenvalue weighted by Gasteiger charge is -2.35. The topological polar surface area (TPSA) is 62.6 Å². The summed E-state index contributed by atoms with van der Waals surface area (Å²) in [4.78, 5) is 23.5. The van der Waals surface area contributed by atoms with E-state index in [1.807, 2.05) is 55.5 Å². The van der Waals surface area contributed by atoms with Crippen molar-refractivity contribution in [3.8, 4) is 11.4 Å². The average molecular weight is 464 g/mol. The molecule has 182 valence electrons. The van der Waals surface area contributed by atoms with E-state index < -0.39 is 0 Å². The van der Waals surface area contributed by atoms with Crippen LogP contribution in [0.15, 0.2) is 53.3 Å². The Hall–Kier alpha value is -2.74. The molecule has 0 bridgehead atoms. The number of aromatic nitrogens is 2. The van der Waals surface area contributed by atoms with Gasteiger partial charge in [0.1, 0.15) is 11.6 Å². The zero-order chi connectivity index (χ0) is 24.1. The Morgan fingerprint density at radius 2 is 1.65 bits per heavy atom. The van der Waals surface area contributed by atoms with Crippen LogP contribution in [0.5, 0.6) is 5.75 Å². The molecule has 1 aliphatic rings. The van der Waals surface area contributed by atoms with Crippen molar-refractivity contribution in [3.05, 3.63) is 64.7 Å². The predicted octanol–water partition coefficient (Wildman–Crippen LogP) is 3.29. The molecule has 0 unspecified atom stereocenters. The van der Waals surface area contributed by atoms with Crippen LogP contribution in [0.2, 0.25) is 0 Å². The highest BCUT2D eigenvalue weighted by Gasteiger charge is 2.22. The number of para-hydroxylation sites is 3. The van der Waals surface area contributed by atoms with E-state index in [4.69, 9.17) is 9.72 Å². The number of fused-ring (bicyclic) bond motifs is 1. The van der Waals surface area contributed by atoms with Gasteiger partial charge in [-0.1, -0.05) is 24.3 Å². The molecule has 0 saturated carbocycles. The van der Waals surface area contributed by atoms with Gasteiger partial charge >= 0.3 is 0 Å². The lowest BCUT2D eigenvalue weighted by Crippen LogP contribution is -2.49. The molecule has 7 nitrogen and oxygen atoms in total. The van der Waals surface area contributed by atoms with Crippen molar-refractivity contribution in [2.45, 2.75) is 39.8 Å². The third kappa shape index (κ3) is 5.84. The smallest absolute Gasteiger partial charge is 0.266 e. The molecule has 1 saturated heterocycles. The number of rotatable bonds is 8. The van der Waals surface area contributed by atoms with Crippen LogP contribution >= 0.6 is 0 Å². The van der Waals surface area contributed by atoms with E-state index in [9.17, 15) is 4.79 Å². The number of nitrogens with zero attached hydrogens (tertiary/aromatic N) is 4. The maximum Gasteiger partial charge on any atom is 0.266 e. The van der Waals surface area contributed by atoms with Crippen LogP contribution in [0, 0.1) is 0 Å². The molecule has 0 spiro atoms. The van der Waals surface area contributed by atoms with Gasteiger partial charge in [-0.15, -0.1) is 0 Å². The Labute approximate surface area is 202 Å². The zero-order valence-corrected chi connectivity index (χ0v) is 20.9. The number of hydrogen-bond donors (Lipinski definition) is 1. The summed E-state index contributed by atoms with van der Waals surface area (Å²) in [6.07, 6.45) is 0. The first-order chi connectivity index (χ1) is 16.4. The normalized spacial score (nSPS) is 15.6. The Balaban J connectivity index is 1.57. The fourth-order valence-corrected chi connectivity index (χ4v) is 4.41. The molecular formula is C27H37N5O2. The first kappa shape index (κ1) is 24.4. The van der Waals surface area contributed by atoms with E-state index in [0.717, 1.165) is 56.3 Å². The van der Waals surface area contributed by atoms with Gasteiger partial charge in [0.2, 0.25) is 0 Å². The minimum absolute atomic E-state index is 0.0559. The maximum absolute atomic E-state index is 13.6. The summed E-state index contributed by atoms with van der Waals surface area (Å²) in [7, 11) is 0. The largest absolute Gasteiger partial charge is 0.492 e. The molecule has 2 aromatic carbocycles. The van der Waals surface area contributed by atoms with Crippen molar-refractivity contribution in [1.82, 2.24) is 24.7 Å². The lowest BCUT2D eigenvalue weighted by molar-refractivity contribution is 0.123. The monoisotopic (exact) mass is 463 g/mol. The first-order valence-electron chi connectivity index (χ1n) is 12.3. The average Bonchev–Trinajstić information content (AvgIpc) is 2.81. The van der Waals surface area contributed by atoms with E-state index >= 15 is 0 Å². The molecule has 34 heavy (non-hydrogen) atoms. The molecule has 3 aromatic rings. The summed E-state index contributed by atoms with van der Waals surface area (Å²) in [6.45, 7) is 15.7. The molecule has 1 fully saturated rings. The van der Waals surface area contributed by atoms with Crippen molar-refractivity contribution in [2.75, 3.05) is 45.9 Å². The number of ether oxygens (including phenoxy) is 1. The Kier molecular flexibility index (Phi) is 7.66. The standard InChI is InChI=1S/C27H37N5O2/c1-5-34-24-13-9-8-12-23(24)32-25(29-22-11-7-6-10-21(22)26(32)33)20-31-18-16-30(17-19-31)15-14-28-27(2,3)4/h6-13,28H,5,14-20H2,1-4H3. The fraction of sp³-hybridized carbons (Fsp3) is 0.481. The highest BCUT2D eigenvalue weighted by Crippen LogP contribution is 2.24. The van der Waals surface area contributed by atoms with Crippen LogP contribution in [-0.4, -0.2) is 70.8 Å². The van der Waals surface area contributed by atoms with Gasteiger partial charge in [-0.2, -0.15) is 0 Å². The number of piperazine rings is 1. The number of hydrogen-bond acceptors (Lipinski definition) is 6. The lowest BCUT2D eigenvalue weighted by atomic mass is 10.1. The minimum atomic E-state index is -0.0559. The summed E-state index contributed by atoms with van der Waals surface area (Å²) in [5.74, 6) is 1.44. The van der Waals surface area contributed by atoms with Crippen LogP contribution in [-0.2, 0) is 6.54 Å². The van der Waals surface area contributed by atoms with Gasteiger partial charge in [-0.05, 0) is 52.0 Å². The highest BCUT2D eigenvalue weighted by atomic mass is 16.5. The zero-order valence-electron chi connectivity index (χ0n) is 20.9. The summed E-state index contributed by atoms with van der Waals surface area (Å²) >= 11 is 0. The summed E-state index contributed by atoms with van der Waals surface area (Å²) in [5.41, 5.74) is 1.57. The number of benzene rings is 2. The van der Waals surface area contributed by atoms with Crippen molar-refractivity contribution in [1.29, 1.82) is 0 Å². The van der Waals surface area contributed by atoms with Gasteiger partial charge in [0.15, 0.2) is 0 Å². The van der Waals surface area contributed by atoms with Crippen molar-refractivity contribution in [2.24, 2.45) is 0 Å². The molecule has 1 N–H and O–H groups in total. The van der Waals surface area contributed by atoms with Crippen molar-refractivity contribution in [3.63, 3.8) is 0 Å². The van der Waals surface area contributed by atoms with Crippen LogP contribution in [0.1, 0.15) is 33.5 Å². The summed E-state index contributed by atoms with van der Waals surface area (Å²) in [6, 6.07) is 15.3. The summed E-state index contributed by atoms with van der Waals surface area (Å²) in [5, 5.41) is 4.19. The van der Waals surface area contributed by atoms with Crippen LogP contribution in [0.3, 0.4) is 0 Å². The molecule has 1 aromatic heterocycles. The molecule has 0 aliphatic carbocycles. The van der Waals surface area contributed by atoms with E-state index in [0.29, 0.717) is 24.3 Å². The second kappa shape index (κ2) is 10.7. The third-order valence-electron chi connectivity index (χ3n) is 6.16. The van der Waals surface area contributed by atoms with Gasteiger partial charge in [0.05, 0.1) is 29.7 Å². The Morgan fingerprint density at radius 3 is 2.38 bits per heavy atom. The van der Waals surface area contributed by atoms with Gasteiger partial charge in [0.25, 0.3) is 5.56 Å². The molecule has 7 heteroatoms. The molecule has 0 atom stereocenters. The van der Waals surface area contributed by atoms with Crippen LogP contribution < -0.4 is 15.6 Å². The molecule has 0 amide bonds. The van der Waals surface area contributed by atoms with E-state index in [2.05, 4.69) is 35.9 Å². The van der Waals surface area contributed by atoms with Crippen molar-refractivity contribution < 1.29 is 4.74 Å². The van der Waals surface area contributed by atoms with E-state index in [-0.39, 0.29) is 11.1 Å². The van der Waals surface area contributed by atoms with Gasteiger partial charge < -0.3 is 10.1 Å². The molecule has 2 heterocycles. The van der Waals surface area contributed by atoms with Crippen molar-refractivity contribution >= 4 is 10.9 Å². The molecule has 4 rings (SSSR count). The Bertz CT molecular complexity index is 1160. The van der Waals surface area contributed by atoms with Gasteiger partial charge in [-0.25, -0.2) is 4.98 Å². The highest BCUT2D eigenvalue weighted by molar-refractivity contribution is 5.78. The molecular weight excluding hydrogens is 426 g/mol. The minimum Gasteiger partial charge on any atom is -0.492 e. The van der Waals surface area contributed by atoms with Crippen LogP contribution in [0.25, 0.3) is 16.6 Å². The van der Waals surface area contributed by atoms with Gasteiger partial charge in [0, 0.05) is 44.8 Å². The van der Waals surface area contributed by atoms with E-state index in [1.54, 1.807) is 4.57 Å². The quantitative estimate of drug-likeness (QED) is 0.553. The van der Waals surface area contributed by atoms with E-state index in [1.165, 1.54) is 0 Å². The first-order valence-corrected chi connectivity index (χ1v) is 12.3. The van der Waals surface area contributed by atoms with Crippen LogP contribution in [0.4, 0.5) is 0 Å². The predicted molar refractivity (Wildman–Crippen MR) is 138 cm³/mol. The maximum atomic E-state index is 13.6. The molecule has 0 radical (unpaired) electrons. The Morgan fingerprint density at radius 1 is 0.971 bits per heavy atom. The summed E-state index contributed by atoms with van der Waals surface area (Å²) < 4.78 is 7.61. The fourth-order valence-electron chi connectivity index (χ4n) is 4.41.